The fourth-order valence-electron chi connectivity index (χ4n) is 1.92. The zero-order valence-corrected chi connectivity index (χ0v) is 11.1. The van der Waals surface area contributed by atoms with Gasteiger partial charge in [0.2, 0.25) is 0 Å². The Hall–Kier alpha value is -2.57. The van der Waals surface area contributed by atoms with Crippen LogP contribution in [0.15, 0.2) is 30.7 Å². The van der Waals surface area contributed by atoms with Gasteiger partial charge in [0.05, 0.1) is 6.20 Å². The van der Waals surface area contributed by atoms with E-state index < -0.39 is 5.97 Å². The van der Waals surface area contributed by atoms with Crippen LogP contribution >= 0.6 is 0 Å². The van der Waals surface area contributed by atoms with Crippen molar-refractivity contribution in [3.8, 4) is 0 Å². The summed E-state index contributed by atoms with van der Waals surface area (Å²) in [4.78, 5) is 22.6. The number of carbonyl (C=O) groups is 2. The van der Waals surface area contributed by atoms with Gasteiger partial charge in [0, 0.05) is 26.0 Å². The number of nitrogens with one attached hydrogen (secondary N) is 1. The van der Waals surface area contributed by atoms with Crippen molar-refractivity contribution in [3.63, 3.8) is 0 Å². The van der Waals surface area contributed by atoms with Gasteiger partial charge in [-0.05, 0) is 24.1 Å². The molecule has 0 atom stereocenters. The van der Waals surface area contributed by atoms with E-state index in [1.54, 1.807) is 29.2 Å². The molecule has 20 heavy (non-hydrogen) atoms. The molecule has 0 bridgehead atoms. The highest BCUT2D eigenvalue weighted by molar-refractivity contribution is 5.93. The normalized spacial score (nSPS) is 10.4. The highest BCUT2D eigenvalue weighted by atomic mass is 16.4. The number of aromatic nitrogens is 3. The summed E-state index contributed by atoms with van der Waals surface area (Å²) in [5.74, 6) is -1.26. The molecule has 0 aliphatic heterocycles. The van der Waals surface area contributed by atoms with Gasteiger partial charge in [-0.15, -0.1) is 0 Å². The van der Waals surface area contributed by atoms with Crippen molar-refractivity contribution in [2.45, 2.75) is 13.0 Å². The van der Waals surface area contributed by atoms with E-state index in [1.165, 1.54) is 4.57 Å². The van der Waals surface area contributed by atoms with Crippen LogP contribution in [0.2, 0.25) is 0 Å². The largest absolute Gasteiger partial charge is 0.480 e. The first-order valence-electron chi connectivity index (χ1n) is 6.19. The molecule has 0 spiro atoms. The second kappa shape index (κ2) is 6.05. The molecular weight excluding hydrogens is 260 g/mol. The molecule has 0 unspecified atom stereocenters. The maximum absolute atomic E-state index is 12.0. The molecule has 106 valence electrons. The molecule has 0 fully saturated rings. The lowest BCUT2D eigenvalue weighted by Gasteiger charge is -2.07. The third-order valence-corrected chi connectivity index (χ3v) is 2.83. The van der Waals surface area contributed by atoms with E-state index in [1.807, 2.05) is 13.2 Å². The van der Waals surface area contributed by atoms with E-state index in [0.29, 0.717) is 18.7 Å². The summed E-state index contributed by atoms with van der Waals surface area (Å²) in [6.07, 6.45) is 5.89. The average molecular weight is 276 g/mol. The van der Waals surface area contributed by atoms with Crippen molar-refractivity contribution < 1.29 is 14.7 Å². The molecule has 0 aliphatic carbocycles. The topological polar surface area (TPSA) is 89.2 Å². The molecule has 0 saturated heterocycles. The summed E-state index contributed by atoms with van der Waals surface area (Å²) < 4.78 is 3.11. The van der Waals surface area contributed by atoms with Gasteiger partial charge in [0.15, 0.2) is 0 Å². The first-order chi connectivity index (χ1) is 9.56. The van der Waals surface area contributed by atoms with E-state index in [-0.39, 0.29) is 12.5 Å². The lowest BCUT2D eigenvalue weighted by atomic mass is 10.2. The molecule has 1 amide bonds. The van der Waals surface area contributed by atoms with Crippen LogP contribution in [0.1, 0.15) is 16.1 Å². The zero-order chi connectivity index (χ0) is 14.5. The minimum atomic E-state index is -0.981. The standard InChI is InChI=1S/C13H16N4O3/c1-16-8-10(7-15-16)4-5-14-13(20)11-3-2-6-17(11)9-12(18)19/h2-3,6-8H,4-5,9H2,1H3,(H,14,20)(H,18,19). The van der Waals surface area contributed by atoms with Crippen LogP contribution in [-0.2, 0) is 24.8 Å². The number of aryl methyl sites for hydroxylation is 1. The Balaban J connectivity index is 1.88. The highest BCUT2D eigenvalue weighted by Crippen LogP contribution is 2.03. The Morgan fingerprint density at radius 2 is 2.25 bits per heavy atom. The number of hydrogen-bond donors (Lipinski definition) is 2. The van der Waals surface area contributed by atoms with E-state index >= 15 is 0 Å². The van der Waals surface area contributed by atoms with E-state index in [2.05, 4.69) is 10.4 Å². The number of carboxylic acid groups (broad SMARTS) is 1. The summed E-state index contributed by atoms with van der Waals surface area (Å²) in [6, 6.07) is 3.25. The molecule has 7 heteroatoms. The second-order valence-electron chi connectivity index (χ2n) is 4.44. The Morgan fingerprint density at radius 1 is 1.45 bits per heavy atom. The van der Waals surface area contributed by atoms with Crippen molar-refractivity contribution in [2.75, 3.05) is 6.54 Å². The average Bonchev–Trinajstić information content (AvgIpc) is 2.98. The summed E-state index contributed by atoms with van der Waals surface area (Å²) in [5, 5.41) is 15.6. The Bertz CT molecular complexity index is 615. The fourth-order valence-corrected chi connectivity index (χ4v) is 1.92. The molecule has 7 nitrogen and oxygen atoms in total. The first-order valence-corrected chi connectivity index (χ1v) is 6.19. The van der Waals surface area contributed by atoms with Crippen molar-refractivity contribution in [1.29, 1.82) is 0 Å². The zero-order valence-electron chi connectivity index (χ0n) is 11.1. The van der Waals surface area contributed by atoms with Gasteiger partial charge in [-0.1, -0.05) is 0 Å². The first kappa shape index (κ1) is 13.9. The number of aliphatic carboxylic acids is 1. The molecular formula is C13H16N4O3. The number of carboxylic acids is 1. The predicted octanol–water partition coefficient (Wildman–Crippen LogP) is 0.279. The molecule has 0 aromatic carbocycles. The van der Waals surface area contributed by atoms with Gasteiger partial charge in [0.1, 0.15) is 12.2 Å². The fraction of sp³-hybridized carbons (Fsp3) is 0.308. The monoisotopic (exact) mass is 276 g/mol. The van der Waals surface area contributed by atoms with E-state index in [4.69, 9.17) is 5.11 Å². The molecule has 0 aliphatic rings. The molecule has 2 heterocycles. The lowest BCUT2D eigenvalue weighted by Crippen LogP contribution is -2.28. The molecule has 0 radical (unpaired) electrons. The molecule has 2 rings (SSSR count). The van der Waals surface area contributed by atoms with Crippen LogP contribution in [0.5, 0.6) is 0 Å². The minimum absolute atomic E-state index is 0.224. The van der Waals surface area contributed by atoms with E-state index in [0.717, 1.165) is 5.56 Å². The summed E-state index contributed by atoms with van der Waals surface area (Å²) in [7, 11) is 1.83. The quantitative estimate of drug-likeness (QED) is 0.793. The van der Waals surface area contributed by atoms with Crippen molar-refractivity contribution in [2.24, 2.45) is 7.05 Å². The lowest BCUT2D eigenvalue weighted by molar-refractivity contribution is -0.137. The molecule has 2 aromatic heterocycles. The van der Waals surface area contributed by atoms with Crippen LogP contribution in [0.3, 0.4) is 0 Å². The summed E-state index contributed by atoms with van der Waals surface area (Å²) in [6.45, 7) is 0.251. The summed E-state index contributed by atoms with van der Waals surface area (Å²) in [5.41, 5.74) is 1.38. The smallest absolute Gasteiger partial charge is 0.323 e. The van der Waals surface area contributed by atoms with Crippen LogP contribution < -0.4 is 5.32 Å². The SMILES string of the molecule is Cn1cc(CCNC(=O)c2cccn2CC(=O)O)cn1. The predicted molar refractivity (Wildman–Crippen MR) is 71.3 cm³/mol. The third-order valence-electron chi connectivity index (χ3n) is 2.83. The maximum atomic E-state index is 12.0. The Labute approximate surface area is 115 Å². The van der Waals surface area contributed by atoms with Gasteiger partial charge >= 0.3 is 5.97 Å². The summed E-state index contributed by atoms with van der Waals surface area (Å²) >= 11 is 0. The van der Waals surface area contributed by atoms with Crippen LogP contribution in [0.4, 0.5) is 0 Å². The van der Waals surface area contributed by atoms with Crippen molar-refractivity contribution in [3.05, 3.63) is 42.0 Å². The maximum Gasteiger partial charge on any atom is 0.323 e. The van der Waals surface area contributed by atoms with Gasteiger partial charge in [-0.2, -0.15) is 5.10 Å². The van der Waals surface area contributed by atoms with Gasteiger partial charge in [-0.3, -0.25) is 14.3 Å². The van der Waals surface area contributed by atoms with Gasteiger partial charge < -0.3 is 15.0 Å². The van der Waals surface area contributed by atoms with Crippen molar-refractivity contribution >= 4 is 11.9 Å². The number of carbonyl (C=O) groups excluding carboxylic acids is 1. The Kier molecular flexibility index (Phi) is 4.19. The van der Waals surface area contributed by atoms with E-state index in [9.17, 15) is 9.59 Å². The number of hydrogen-bond acceptors (Lipinski definition) is 3. The molecule has 2 N–H and O–H groups in total. The van der Waals surface area contributed by atoms with Crippen LogP contribution in [-0.4, -0.2) is 37.9 Å². The highest BCUT2D eigenvalue weighted by Gasteiger charge is 2.12. The molecule has 0 saturated carbocycles. The number of rotatable bonds is 6. The second-order valence-corrected chi connectivity index (χ2v) is 4.44. The third kappa shape index (κ3) is 3.47. The number of nitrogens with zero attached hydrogens (tertiary/aromatic N) is 3. The van der Waals surface area contributed by atoms with Crippen LogP contribution in [0.25, 0.3) is 0 Å². The van der Waals surface area contributed by atoms with Gasteiger partial charge in [0.25, 0.3) is 5.91 Å². The van der Waals surface area contributed by atoms with Gasteiger partial charge in [-0.25, -0.2) is 0 Å². The molecule has 2 aromatic rings. The van der Waals surface area contributed by atoms with Crippen molar-refractivity contribution in [1.82, 2.24) is 19.7 Å². The number of amides is 1. The van der Waals surface area contributed by atoms with Crippen LogP contribution in [0, 0.1) is 0 Å². The minimum Gasteiger partial charge on any atom is -0.480 e. The Morgan fingerprint density at radius 3 is 2.90 bits per heavy atom.